The Labute approximate surface area is 261 Å². The summed E-state index contributed by atoms with van der Waals surface area (Å²) < 4.78 is 26.5. The van der Waals surface area contributed by atoms with Gasteiger partial charge in [0.05, 0.1) is 41.2 Å². The first-order chi connectivity index (χ1) is 17.7. The van der Waals surface area contributed by atoms with Crippen LogP contribution in [0, 0.1) is 0 Å². The van der Waals surface area contributed by atoms with Crippen LogP contribution in [0.15, 0.2) is 0 Å². The molecular weight excluding hydrogens is 516 g/mol. The van der Waals surface area contributed by atoms with Crippen molar-refractivity contribution in [3.8, 4) is 0 Å². The Bertz CT molecular complexity index is 492. The average molecular weight is 599 g/mol. The van der Waals surface area contributed by atoms with Crippen LogP contribution >= 0.6 is 0 Å². The summed E-state index contributed by atoms with van der Waals surface area (Å²) in [5.41, 5.74) is 0.164. The molecular formula is C34H82N2O5. The lowest BCUT2D eigenvalue weighted by atomic mass is 10.2. The van der Waals surface area contributed by atoms with E-state index in [0.29, 0.717) is 0 Å². The van der Waals surface area contributed by atoms with E-state index in [1.807, 2.05) is 48.8 Å². The number of methoxy groups -OCH3 is 1. The highest BCUT2D eigenvalue weighted by Gasteiger charge is 2.10. The van der Waals surface area contributed by atoms with Crippen molar-refractivity contribution >= 4 is 0 Å². The molecule has 0 aliphatic rings. The fraction of sp³-hybridized carbons (Fsp3) is 1.00. The summed E-state index contributed by atoms with van der Waals surface area (Å²) in [5.74, 6) is 0. The van der Waals surface area contributed by atoms with E-state index in [2.05, 4.69) is 100 Å². The van der Waals surface area contributed by atoms with Crippen LogP contribution in [0.5, 0.6) is 0 Å². The van der Waals surface area contributed by atoms with E-state index in [4.69, 9.17) is 23.7 Å². The van der Waals surface area contributed by atoms with Crippen LogP contribution in [0.25, 0.3) is 0 Å². The second-order valence-corrected chi connectivity index (χ2v) is 14.7. The standard InChI is InChI=1S/C8H19NO.C7H17NO.C7H16O.C6H14O.C5H12O.CH4/c1-8(2,3)10-7-6-9(4)5;1-7(2,3)9-6-5-8-4;1-5-6-8-7(2,3)4;1-5-7-6(2,3)4;1-5(2,3)6-4;/h6-7H2,1-5H3;8H,5-6H2,1-4H3;5-6H2,1-4H3;5H2,1-4H3;1-4H3;1H4. The fourth-order valence-corrected chi connectivity index (χ4v) is 1.83. The zero-order valence-corrected chi connectivity index (χ0v) is 31.4. The molecule has 41 heavy (non-hydrogen) atoms. The van der Waals surface area contributed by atoms with Crippen molar-refractivity contribution in [3.63, 3.8) is 0 Å². The van der Waals surface area contributed by atoms with Crippen LogP contribution in [0.2, 0.25) is 0 Å². The number of rotatable bonds is 9. The molecule has 0 radical (unpaired) electrons. The highest BCUT2D eigenvalue weighted by Crippen LogP contribution is 2.07. The number of ether oxygens (including phenoxy) is 5. The molecule has 0 rings (SSSR count). The van der Waals surface area contributed by atoms with Crippen molar-refractivity contribution in [1.82, 2.24) is 10.2 Å². The smallest absolute Gasteiger partial charge is 0.0600 e. The summed E-state index contributed by atoms with van der Waals surface area (Å²) in [4.78, 5) is 2.12. The molecule has 0 unspecified atom stereocenters. The lowest BCUT2D eigenvalue weighted by Gasteiger charge is -2.20. The van der Waals surface area contributed by atoms with Gasteiger partial charge in [0, 0.05) is 33.4 Å². The first kappa shape index (κ1) is 53.3. The van der Waals surface area contributed by atoms with E-state index in [9.17, 15) is 0 Å². The summed E-state index contributed by atoms with van der Waals surface area (Å²) in [6, 6.07) is 0. The first-order valence-electron chi connectivity index (χ1n) is 15.1. The van der Waals surface area contributed by atoms with Crippen LogP contribution in [0.1, 0.15) is 132 Å². The van der Waals surface area contributed by atoms with Gasteiger partial charge in [-0.2, -0.15) is 0 Å². The van der Waals surface area contributed by atoms with Gasteiger partial charge in [0.1, 0.15) is 0 Å². The second-order valence-electron chi connectivity index (χ2n) is 14.7. The van der Waals surface area contributed by atoms with Gasteiger partial charge in [0.15, 0.2) is 0 Å². The molecule has 7 nitrogen and oxygen atoms in total. The summed E-state index contributed by atoms with van der Waals surface area (Å²) >= 11 is 0. The maximum Gasteiger partial charge on any atom is 0.0600 e. The molecule has 0 heterocycles. The number of likely N-dealkylation sites (N-methyl/N-ethyl adjacent to an activating group) is 2. The molecule has 0 atom stereocenters. The Morgan fingerprint density at radius 1 is 0.537 bits per heavy atom. The molecule has 7 heteroatoms. The fourth-order valence-electron chi connectivity index (χ4n) is 1.83. The lowest BCUT2D eigenvalue weighted by Crippen LogP contribution is -2.25. The first-order valence-corrected chi connectivity index (χ1v) is 15.1. The summed E-state index contributed by atoms with van der Waals surface area (Å²) in [5, 5.41) is 3.02. The minimum atomic E-state index is 0. The van der Waals surface area contributed by atoms with Gasteiger partial charge < -0.3 is 33.9 Å². The Morgan fingerprint density at radius 3 is 1.02 bits per heavy atom. The van der Waals surface area contributed by atoms with Gasteiger partial charge in [-0.05, 0) is 138 Å². The van der Waals surface area contributed by atoms with E-state index < -0.39 is 0 Å². The van der Waals surface area contributed by atoms with Gasteiger partial charge in [-0.25, -0.2) is 0 Å². The van der Waals surface area contributed by atoms with E-state index in [-0.39, 0.29) is 35.4 Å². The van der Waals surface area contributed by atoms with Crippen molar-refractivity contribution in [3.05, 3.63) is 0 Å². The maximum absolute atomic E-state index is 5.50. The molecule has 0 saturated carbocycles. The Kier molecular flexibility index (Phi) is 37.0. The van der Waals surface area contributed by atoms with E-state index in [1.54, 1.807) is 7.11 Å². The molecule has 0 spiro atoms. The zero-order chi connectivity index (χ0) is 33.3. The van der Waals surface area contributed by atoms with E-state index in [0.717, 1.165) is 45.9 Å². The van der Waals surface area contributed by atoms with Crippen molar-refractivity contribution in [2.24, 2.45) is 0 Å². The zero-order valence-electron chi connectivity index (χ0n) is 31.4. The minimum absolute atomic E-state index is 0. The van der Waals surface area contributed by atoms with Crippen molar-refractivity contribution in [1.29, 1.82) is 0 Å². The van der Waals surface area contributed by atoms with Crippen LogP contribution in [-0.2, 0) is 23.7 Å². The van der Waals surface area contributed by atoms with Gasteiger partial charge in [-0.15, -0.1) is 0 Å². The Balaban J connectivity index is -0.0000000938. The summed E-state index contributed by atoms with van der Waals surface area (Å²) in [7, 11) is 7.73. The average Bonchev–Trinajstić information content (AvgIpc) is 2.70. The second kappa shape index (κ2) is 28.5. The highest BCUT2D eigenvalue weighted by molar-refractivity contribution is 4.60. The highest BCUT2D eigenvalue weighted by atomic mass is 16.5. The summed E-state index contributed by atoms with van der Waals surface area (Å²) in [6.45, 7) is 40.2. The van der Waals surface area contributed by atoms with Crippen molar-refractivity contribution in [2.45, 2.75) is 160 Å². The van der Waals surface area contributed by atoms with Gasteiger partial charge in [0.25, 0.3) is 0 Å². The van der Waals surface area contributed by atoms with Gasteiger partial charge in [-0.3, -0.25) is 0 Å². The molecule has 0 fully saturated rings. The third kappa shape index (κ3) is 92.5. The van der Waals surface area contributed by atoms with Crippen molar-refractivity contribution < 1.29 is 23.7 Å². The molecule has 0 saturated heterocycles. The van der Waals surface area contributed by atoms with Crippen molar-refractivity contribution in [2.75, 3.05) is 67.8 Å². The lowest BCUT2D eigenvalue weighted by molar-refractivity contribution is -0.00875. The quantitative estimate of drug-likeness (QED) is 0.267. The van der Waals surface area contributed by atoms with Crippen LogP contribution in [-0.4, -0.2) is 101 Å². The van der Waals surface area contributed by atoms with Gasteiger partial charge >= 0.3 is 0 Å². The molecule has 0 aliphatic heterocycles. The molecule has 0 aromatic heterocycles. The largest absolute Gasteiger partial charge is 0.379 e. The summed E-state index contributed by atoms with van der Waals surface area (Å²) in [6.07, 6.45) is 1.11. The molecule has 0 amide bonds. The molecule has 0 bridgehead atoms. The van der Waals surface area contributed by atoms with Gasteiger partial charge in [0.2, 0.25) is 0 Å². The van der Waals surface area contributed by atoms with Crippen LogP contribution in [0.4, 0.5) is 0 Å². The van der Waals surface area contributed by atoms with E-state index >= 15 is 0 Å². The predicted molar refractivity (Wildman–Crippen MR) is 185 cm³/mol. The predicted octanol–water partition coefficient (Wildman–Crippen LogP) is 8.48. The normalized spacial score (nSPS) is 11.9. The molecule has 1 N–H and O–H groups in total. The monoisotopic (exact) mass is 599 g/mol. The minimum Gasteiger partial charge on any atom is -0.379 e. The molecule has 258 valence electrons. The SMILES string of the molecule is C.CCCOC(C)(C)C.CCOC(C)(C)C.CN(C)CCOC(C)(C)C.CNCCOC(C)(C)C.COC(C)(C)C. The van der Waals surface area contributed by atoms with Gasteiger partial charge in [-0.1, -0.05) is 14.4 Å². The number of hydrogen-bond acceptors (Lipinski definition) is 7. The molecule has 0 aromatic carbocycles. The third-order valence-electron chi connectivity index (χ3n) is 3.89. The Morgan fingerprint density at radius 2 is 0.854 bits per heavy atom. The number of nitrogens with one attached hydrogen (secondary N) is 1. The number of hydrogen-bond donors (Lipinski definition) is 1. The molecule has 0 aliphatic carbocycles. The topological polar surface area (TPSA) is 61.4 Å². The van der Waals surface area contributed by atoms with E-state index in [1.165, 1.54) is 0 Å². The molecule has 0 aromatic rings. The third-order valence-corrected chi connectivity index (χ3v) is 3.89. The van der Waals surface area contributed by atoms with Crippen LogP contribution in [0.3, 0.4) is 0 Å². The maximum atomic E-state index is 5.50. The van der Waals surface area contributed by atoms with Crippen LogP contribution < -0.4 is 5.32 Å². The number of nitrogens with zero attached hydrogens (tertiary/aromatic N) is 1. The Hall–Kier alpha value is -0.280.